The molecular formula is C20H24N2. The Bertz CT molecular complexity index is 711. The molecule has 3 heterocycles. The van der Waals surface area contributed by atoms with Gasteiger partial charge in [0, 0.05) is 17.7 Å². The van der Waals surface area contributed by atoms with Gasteiger partial charge in [-0.1, -0.05) is 24.3 Å². The molecule has 2 aromatic rings. The fraction of sp³-hybridized carbons (Fsp3) is 0.450. The summed E-state index contributed by atoms with van der Waals surface area (Å²) in [5.41, 5.74) is 8.14. The number of benzene rings is 1. The first-order chi connectivity index (χ1) is 10.6. The molecular weight excluding hydrogens is 268 g/mol. The van der Waals surface area contributed by atoms with Crippen LogP contribution in [0.3, 0.4) is 0 Å². The van der Waals surface area contributed by atoms with Crippen molar-refractivity contribution in [2.24, 2.45) is 0 Å². The van der Waals surface area contributed by atoms with E-state index in [4.69, 9.17) is 4.98 Å². The zero-order valence-corrected chi connectivity index (χ0v) is 13.9. The third-order valence-electron chi connectivity index (χ3n) is 5.61. The van der Waals surface area contributed by atoms with Gasteiger partial charge >= 0.3 is 0 Å². The molecule has 0 saturated carbocycles. The second-order valence-electron chi connectivity index (χ2n) is 6.99. The quantitative estimate of drug-likeness (QED) is 0.748. The molecule has 2 aliphatic heterocycles. The van der Waals surface area contributed by atoms with Crippen molar-refractivity contribution >= 4 is 5.69 Å². The summed E-state index contributed by atoms with van der Waals surface area (Å²) in [7, 11) is 0. The molecule has 22 heavy (non-hydrogen) atoms. The Hall–Kier alpha value is -1.83. The normalized spacial score (nSPS) is 26.2. The lowest BCUT2D eigenvalue weighted by Gasteiger charge is -2.53. The van der Waals surface area contributed by atoms with Crippen LogP contribution < -0.4 is 4.90 Å². The van der Waals surface area contributed by atoms with Gasteiger partial charge in [-0.05, 0) is 63.3 Å². The first kappa shape index (κ1) is 13.8. The van der Waals surface area contributed by atoms with Gasteiger partial charge in [-0.15, -0.1) is 0 Å². The third kappa shape index (κ3) is 1.83. The standard InChI is InChI=1S/C20H24N2/c1-12-11-13(2)21-14(3)20(12)22-15(4)16-9-10-19(22)18-8-6-5-7-17(16)18/h5-8,11,15-16,19H,9-10H2,1-4H3. The van der Waals surface area contributed by atoms with Gasteiger partial charge in [0.1, 0.15) is 0 Å². The second-order valence-corrected chi connectivity index (χ2v) is 6.99. The van der Waals surface area contributed by atoms with E-state index >= 15 is 0 Å². The Balaban J connectivity index is 1.88. The zero-order chi connectivity index (χ0) is 15.4. The van der Waals surface area contributed by atoms with Gasteiger partial charge in [0.15, 0.2) is 0 Å². The van der Waals surface area contributed by atoms with Gasteiger partial charge in [-0.3, -0.25) is 4.98 Å². The average molecular weight is 292 g/mol. The monoisotopic (exact) mass is 292 g/mol. The van der Waals surface area contributed by atoms with E-state index in [2.05, 4.69) is 62.9 Å². The SMILES string of the molecule is Cc1cc(C)c(N2C3CCC(c4ccccc43)C2C)c(C)n1. The summed E-state index contributed by atoms with van der Waals surface area (Å²) < 4.78 is 0. The van der Waals surface area contributed by atoms with Crippen LogP contribution in [-0.2, 0) is 0 Å². The molecule has 3 aliphatic rings. The maximum absolute atomic E-state index is 4.74. The van der Waals surface area contributed by atoms with Crippen LogP contribution in [-0.4, -0.2) is 11.0 Å². The van der Waals surface area contributed by atoms with E-state index < -0.39 is 0 Å². The molecule has 5 rings (SSSR count). The molecule has 3 atom stereocenters. The Kier molecular flexibility index (Phi) is 3.04. The summed E-state index contributed by atoms with van der Waals surface area (Å²) in [6.07, 6.45) is 2.58. The van der Waals surface area contributed by atoms with E-state index in [0.717, 1.165) is 5.69 Å². The van der Waals surface area contributed by atoms with Crippen LogP contribution >= 0.6 is 0 Å². The first-order valence-electron chi connectivity index (χ1n) is 8.40. The number of nitrogens with zero attached hydrogens (tertiary/aromatic N) is 2. The van der Waals surface area contributed by atoms with Gasteiger partial charge in [0.05, 0.1) is 17.4 Å². The maximum Gasteiger partial charge on any atom is 0.0620 e. The van der Waals surface area contributed by atoms with Crippen LogP contribution in [0.25, 0.3) is 0 Å². The molecule has 1 aromatic heterocycles. The van der Waals surface area contributed by atoms with E-state index in [1.54, 1.807) is 5.56 Å². The number of hydrogen-bond donors (Lipinski definition) is 0. The highest BCUT2D eigenvalue weighted by molar-refractivity contribution is 5.62. The number of aryl methyl sites for hydroxylation is 3. The van der Waals surface area contributed by atoms with Crippen molar-refractivity contribution in [2.75, 3.05) is 4.90 Å². The fourth-order valence-electron chi connectivity index (χ4n) is 4.83. The fourth-order valence-corrected chi connectivity index (χ4v) is 4.83. The van der Waals surface area contributed by atoms with Gasteiger partial charge in [0.25, 0.3) is 0 Å². The number of fused-ring (bicyclic) bond motifs is 2. The summed E-state index contributed by atoms with van der Waals surface area (Å²) in [4.78, 5) is 7.40. The van der Waals surface area contributed by atoms with Gasteiger partial charge < -0.3 is 4.90 Å². The molecule has 2 heteroatoms. The van der Waals surface area contributed by atoms with Crippen LogP contribution in [0.5, 0.6) is 0 Å². The van der Waals surface area contributed by atoms with Crippen LogP contribution in [0, 0.1) is 20.8 Å². The molecule has 1 aliphatic carbocycles. The van der Waals surface area contributed by atoms with Crippen LogP contribution in [0.4, 0.5) is 5.69 Å². The summed E-state index contributed by atoms with van der Waals surface area (Å²) >= 11 is 0. The number of rotatable bonds is 1. The number of aromatic nitrogens is 1. The minimum Gasteiger partial charge on any atom is -0.359 e. The lowest BCUT2D eigenvalue weighted by atomic mass is 9.70. The third-order valence-corrected chi connectivity index (χ3v) is 5.61. The van der Waals surface area contributed by atoms with E-state index in [9.17, 15) is 0 Å². The largest absolute Gasteiger partial charge is 0.359 e. The van der Waals surface area contributed by atoms with E-state index in [1.807, 2.05) is 0 Å². The van der Waals surface area contributed by atoms with Crippen LogP contribution in [0.1, 0.15) is 59.8 Å². The summed E-state index contributed by atoms with van der Waals surface area (Å²) in [5, 5.41) is 0. The molecule has 0 amide bonds. The maximum atomic E-state index is 4.74. The van der Waals surface area contributed by atoms with Crippen molar-refractivity contribution in [2.45, 2.75) is 58.5 Å². The van der Waals surface area contributed by atoms with Crippen LogP contribution in [0.2, 0.25) is 0 Å². The van der Waals surface area contributed by atoms with Gasteiger partial charge in [0.2, 0.25) is 0 Å². The van der Waals surface area contributed by atoms with Crippen molar-refractivity contribution in [3.63, 3.8) is 0 Å². The molecule has 1 aromatic carbocycles. The highest BCUT2D eigenvalue weighted by Crippen LogP contribution is 2.52. The summed E-state index contributed by atoms with van der Waals surface area (Å²) in [5.74, 6) is 0.654. The van der Waals surface area contributed by atoms with Crippen molar-refractivity contribution in [3.05, 3.63) is 58.4 Å². The van der Waals surface area contributed by atoms with Gasteiger partial charge in [-0.25, -0.2) is 0 Å². The predicted molar refractivity (Wildman–Crippen MR) is 91.5 cm³/mol. The molecule has 3 unspecified atom stereocenters. The first-order valence-corrected chi connectivity index (χ1v) is 8.40. The smallest absolute Gasteiger partial charge is 0.0620 e. The number of anilines is 1. The topological polar surface area (TPSA) is 16.1 Å². The highest BCUT2D eigenvalue weighted by Gasteiger charge is 2.43. The van der Waals surface area contributed by atoms with Crippen molar-refractivity contribution in [1.29, 1.82) is 0 Å². The van der Waals surface area contributed by atoms with Gasteiger partial charge in [-0.2, -0.15) is 0 Å². The second kappa shape index (κ2) is 4.84. The average Bonchev–Trinajstić information content (AvgIpc) is 2.49. The molecule has 0 radical (unpaired) electrons. The van der Waals surface area contributed by atoms with E-state index in [1.165, 1.54) is 35.3 Å². The van der Waals surface area contributed by atoms with Crippen molar-refractivity contribution in [1.82, 2.24) is 4.98 Å². The van der Waals surface area contributed by atoms with Crippen LogP contribution in [0.15, 0.2) is 30.3 Å². The Labute approximate surface area is 133 Å². The number of hydrogen-bond acceptors (Lipinski definition) is 2. The molecule has 1 saturated heterocycles. The zero-order valence-electron chi connectivity index (χ0n) is 13.9. The molecule has 2 bridgehead atoms. The number of pyridine rings is 1. The molecule has 0 N–H and O–H groups in total. The molecule has 0 spiro atoms. The van der Waals surface area contributed by atoms with Crippen molar-refractivity contribution in [3.8, 4) is 0 Å². The summed E-state index contributed by atoms with van der Waals surface area (Å²) in [6, 6.07) is 12.3. The molecule has 2 nitrogen and oxygen atoms in total. The lowest BCUT2D eigenvalue weighted by molar-refractivity contribution is 0.324. The van der Waals surface area contributed by atoms with E-state index in [0.29, 0.717) is 18.0 Å². The van der Waals surface area contributed by atoms with E-state index in [-0.39, 0.29) is 0 Å². The molecule has 114 valence electrons. The Morgan fingerprint density at radius 3 is 2.50 bits per heavy atom. The molecule has 1 fully saturated rings. The minimum absolute atomic E-state index is 0.512. The Morgan fingerprint density at radius 2 is 1.77 bits per heavy atom. The highest BCUT2D eigenvalue weighted by atomic mass is 15.2. The Morgan fingerprint density at radius 1 is 1.05 bits per heavy atom. The number of piperidine rings is 1. The lowest BCUT2D eigenvalue weighted by Crippen LogP contribution is -2.49. The van der Waals surface area contributed by atoms with Crippen molar-refractivity contribution < 1.29 is 0 Å². The predicted octanol–water partition coefficient (Wildman–Crippen LogP) is 4.83. The summed E-state index contributed by atoms with van der Waals surface area (Å²) in [6.45, 7) is 8.88. The minimum atomic E-state index is 0.512.